The van der Waals surface area contributed by atoms with Crippen molar-refractivity contribution in [2.75, 3.05) is 40.6 Å². The van der Waals surface area contributed by atoms with E-state index in [0.717, 1.165) is 34.1 Å². The van der Waals surface area contributed by atoms with Gasteiger partial charge in [-0.2, -0.15) is 0 Å². The molecule has 0 bridgehead atoms. The summed E-state index contributed by atoms with van der Waals surface area (Å²) in [5.74, 6) is 0.349. The smallest absolute Gasteiger partial charge is 0.330 e. The summed E-state index contributed by atoms with van der Waals surface area (Å²) in [5.41, 5.74) is 3.21. The van der Waals surface area contributed by atoms with Crippen molar-refractivity contribution >= 4 is 22.7 Å². The number of esters is 2. The van der Waals surface area contributed by atoms with E-state index < -0.39 is 24.1 Å². The van der Waals surface area contributed by atoms with Crippen LogP contribution in [0.1, 0.15) is 18.1 Å². The Balaban J connectivity index is 1.99. The molecule has 8 nitrogen and oxygen atoms in total. The summed E-state index contributed by atoms with van der Waals surface area (Å²) in [7, 11) is 3.07. The van der Waals surface area contributed by atoms with E-state index in [-0.39, 0.29) is 26.4 Å². The number of carbonyl (C=O) groups excluding carboxylic acids is 2. The van der Waals surface area contributed by atoms with Crippen LogP contribution in [-0.4, -0.2) is 64.8 Å². The number of rotatable bonds is 14. The highest BCUT2D eigenvalue weighted by Gasteiger charge is 2.26. The first-order valence-corrected chi connectivity index (χ1v) is 12.0. The molecule has 2 atom stereocenters. The lowest BCUT2D eigenvalue weighted by Gasteiger charge is -2.27. The lowest BCUT2D eigenvalue weighted by Crippen LogP contribution is -2.30. The third-order valence-electron chi connectivity index (χ3n) is 5.87. The maximum Gasteiger partial charge on any atom is 0.330 e. The monoisotopic (exact) mass is 510 g/mol. The number of allylic oxidation sites excluding steroid dienone is 2. The number of fused-ring (bicyclic) bond motifs is 2. The fourth-order valence-corrected chi connectivity index (χ4v) is 4.22. The number of carbonyl (C=O) groups is 2. The fourth-order valence-electron chi connectivity index (χ4n) is 4.22. The Morgan fingerprint density at radius 1 is 0.838 bits per heavy atom. The summed E-state index contributed by atoms with van der Waals surface area (Å²) < 4.78 is 33.9. The van der Waals surface area contributed by atoms with E-state index in [1.807, 2.05) is 24.3 Å². The van der Waals surface area contributed by atoms with Crippen molar-refractivity contribution in [3.8, 4) is 11.5 Å². The molecular weight excluding hydrogens is 476 g/mol. The van der Waals surface area contributed by atoms with E-state index in [2.05, 4.69) is 26.2 Å². The maximum atomic E-state index is 11.8. The predicted molar refractivity (Wildman–Crippen MR) is 140 cm³/mol. The second-order valence-electron chi connectivity index (χ2n) is 8.65. The van der Waals surface area contributed by atoms with E-state index in [4.69, 9.17) is 28.4 Å². The van der Waals surface area contributed by atoms with Gasteiger partial charge in [0.1, 0.15) is 24.7 Å². The predicted octanol–water partition coefficient (Wildman–Crippen LogP) is 4.13. The largest absolute Gasteiger partial charge is 0.489 e. The van der Waals surface area contributed by atoms with Gasteiger partial charge in [-0.3, -0.25) is 0 Å². The van der Waals surface area contributed by atoms with Crippen molar-refractivity contribution in [2.45, 2.75) is 32.0 Å². The molecule has 8 heteroatoms. The summed E-state index contributed by atoms with van der Waals surface area (Å²) >= 11 is 0. The van der Waals surface area contributed by atoms with Crippen LogP contribution in [0.2, 0.25) is 0 Å². The zero-order chi connectivity index (χ0) is 26.8. The highest BCUT2D eigenvalue weighted by molar-refractivity contribution is 5.96. The standard InChI is InChI=1S/C29H34O8/c1-6-26(30)36-20(15-32-4)17-34-28-22-10-8-9-11-23(22)29(25-14-19(3)12-13-24(25)28)35-18-21(16-33-5)37-27(31)7-2/h6-12,20-21H,1-2,13-18H2,3-5H3. The van der Waals surface area contributed by atoms with Crippen LogP contribution in [-0.2, 0) is 41.4 Å². The van der Waals surface area contributed by atoms with Gasteiger partial charge in [-0.05, 0) is 19.8 Å². The van der Waals surface area contributed by atoms with Crippen LogP contribution in [0.15, 0.2) is 61.2 Å². The lowest BCUT2D eigenvalue weighted by molar-refractivity contribution is -0.148. The zero-order valence-electron chi connectivity index (χ0n) is 21.6. The molecule has 2 aromatic rings. The van der Waals surface area contributed by atoms with Crippen molar-refractivity contribution in [3.63, 3.8) is 0 Å². The quantitative estimate of drug-likeness (QED) is 0.213. The molecule has 0 saturated heterocycles. The Kier molecular flexibility index (Phi) is 10.3. The summed E-state index contributed by atoms with van der Waals surface area (Å²) in [6.45, 7) is 9.57. The molecule has 0 fully saturated rings. The van der Waals surface area contributed by atoms with Gasteiger partial charge < -0.3 is 28.4 Å². The highest BCUT2D eigenvalue weighted by atomic mass is 16.6. The minimum atomic E-state index is -0.601. The van der Waals surface area contributed by atoms with Crippen LogP contribution in [0.3, 0.4) is 0 Å². The third kappa shape index (κ3) is 7.21. The van der Waals surface area contributed by atoms with Crippen LogP contribution < -0.4 is 9.47 Å². The minimum Gasteiger partial charge on any atom is -0.489 e. The minimum absolute atomic E-state index is 0.111. The van der Waals surface area contributed by atoms with Gasteiger partial charge in [0.25, 0.3) is 0 Å². The number of ether oxygens (including phenoxy) is 6. The molecule has 0 radical (unpaired) electrons. The summed E-state index contributed by atoms with van der Waals surface area (Å²) in [5, 5.41) is 1.73. The van der Waals surface area contributed by atoms with E-state index in [9.17, 15) is 9.59 Å². The van der Waals surface area contributed by atoms with Crippen molar-refractivity contribution in [2.24, 2.45) is 0 Å². The molecule has 0 aromatic heterocycles. The number of hydrogen-bond donors (Lipinski definition) is 0. The highest BCUT2D eigenvalue weighted by Crippen LogP contribution is 2.44. The first kappa shape index (κ1) is 28.0. The molecule has 0 aliphatic heterocycles. The maximum absolute atomic E-state index is 11.8. The SMILES string of the molecule is C=CC(=O)OC(COC)COc1c2c(c(OCC(COC)OC(=O)C=C)c3ccccc13)CC(C)=CC2. The Hall–Kier alpha value is -3.62. The van der Waals surface area contributed by atoms with Gasteiger partial charge in [0, 0.05) is 48.3 Å². The first-order chi connectivity index (χ1) is 17.9. The topological polar surface area (TPSA) is 89.5 Å². The number of methoxy groups -OCH3 is 2. The van der Waals surface area contributed by atoms with Gasteiger partial charge in [0.2, 0.25) is 0 Å². The molecule has 0 heterocycles. The molecule has 1 aliphatic rings. The second-order valence-corrected chi connectivity index (χ2v) is 8.65. The molecule has 198 valence electrons. The van der Waals surface area contributed by atoms with E-state index in [0.29, 0.717) is 24.3 Å². The zero-order valence-corrected chi connectivity index (χ0v) is 21.6. The average molecular weight is 511 g/mol. The molecule has 3 rings (SSSR count). The molecule has 0 saturated carbocycles. The molecule has 2 aromatic carbocycles. The first-order valence-electron chi connectivity index (χ1n) is 12.0. The average Bonchev–Trinajstić information content (AvgIpc) is 2.90. The van der Waals surface area contributed by atoms with Crippen molar-refractivity contribution < 1.29 is 38.0 Å². The Labute approximate surface area is 217 Å². The molecule has 1 aliphatic carbocycles. The second kappa shape index (κ2) is 13.6. The Bertz CT molecular complexity index is 1170. The third-order valence-corrected chi connectivity index (χ3v) is 5.87. The van der Waals surface area contributed by atoms with Gasteiger partial charge in [0.15, 0.2) is 12.2 Å². The van der Waals surface area contributed by atoms with Gasteiger partial charge >= 0.3 is 11.9 Å². The van der Waals surface area contributed by atoms with E-state index in [1.165, 1.54) is 19.8 Å². The summed E-state index contributed by atoms with van der Waals surface area (Å²) in [4.78, 5) is 23.6. The molecule has 0 amide bonds. The van der Waals surface area contributed by atoms with Gasteiger partial charge in [-0.1, -0.05) is 49.1 Å². The molecule has 37 heavy (non-hydrogen) atoms. The molecule has 0 spiro atoms. The van der Waals surface area contributed by atoms with Crippen molar-refractivity contribution in [1.29, 1.82) is 0 Å². The summed E-state index contributed by atoms with van der Waals surface area (Å²) in [6.07, 6.45) is 4.53. The Morgan fingerprint density at radius 2 is 1.32 bits per heavy atom. The molecular formula is C29H34O8. The van der Waals surface area contributed by atoms with Gasteiger partial charge in [0.05, 0.1) is 13.2 Å². The van der Waals surface area contributed by atoms with Crippen molar-refractivity contribution in [3.05, 3.63) is 72.4 Å². The molecule has 0 N–H and O–H groups in total. The lowest BCUT2D eigenvalue weighted by atomic mass is 9.87. The number of hydrogen-bond acceptors (Lipinski definition) is 8. The van der Waals surface area contributed by atoms with E-state index in [1.54, 1.807) is 0 Å². The summed E-state index contributed by atoms with van der Waals surface area (Å²) in [6, 6.07) is 7.80. The van der Waals surface area contributed by atoms with Gasteiger partial charge in [-0.15, -0.1) is 0 Å². The van der Waals surface area contributed by atoms with Crippen molar-refractivity contribution in [1.82, 2.24) is 0 Å². The van der Waals surface area contributed by atoms with Gasteiger partial charge in [-0.25, -0.2) is 9.59 Å². The normalized spacial score (nSPS) is 14.1. The Morgan fingerprint density at radius 3 is 1.78 bits per heavy atom. The van der Waals surface area contributed by atoms with Crippen LogP contribution in [0.4, 0.5) is 0 Å². The van der Waals surface area contributed by atoms with E-state index >= 15 is 0 Å². The van der Waals surface area contributed by atoms with Crippen LogP contribution in [0.25, 0.3) is 10.8 Å². The molecule has 2 unspecified atom stereocenters. The van der Waals surface area contributed by atoms with Crippen LogP contribution >= 0.6 is 0 Å². The van der Waals surface area contributed by atoms with Crippen LogP contribution in [0.5, 0.6) is 11.5 Å². The fraction of sp³-hybridized carbons (Fsp3) is 0.379. The van der Waals surface area contributed by atoms with Crippen LogP contribution in [0, 0.1) is 0 Å². The number of benzene rings is 2.